The largest absolute Gasteiger partial charge is 0.506 e. The Balaban J connectivity index is 2.48. The number of rotatable bonds is 2. The molecule has 2 rings (SSSR count). The van der Waals surface area contributed by atoms with Crippen LogP contribution in [0.4, 0.5) is 0 Å². The number of benzene rings is 1. The Morgan fingerprint density at radius 2 is 2.05 bits per heavy atom. The van der Waals surface area contributed by atoms with Gasteiger partial charge in [-0.15, -0.1) is 0 Å². The van der Waals surface area contributed by atoms with Gasteiger partial charge in [-0.05, 0) is 68.7 Å². The molecule has 0 atom stereocenters. The average molecular weight is 420 g/mol. The van der Waals surface area contributed by atoms with Gasteiger partial charge in [0, 0.05) is 0 Å². The van der Waals surface area contributed by atoms with Crippen molar-refractivity contribution < 1.29 is 5.11 Å². The number of aromatic amines is 1. The normalized spacial score (nSPS) is 11.2. The van der Waals surface area contributed by atoms with Gasteiger partial charge in [0.25, 0.3) is 5.56 Å². The Morgan fingerprint density at radius 3 is 2.65 bits per heavy atom. The molecule has 0 unspecified atom stereocenters. The van der Waals surface area contributed by atoms with Crippen LogP contribution in [-0.2, 0) is 0 Å². The van der Waals surface area contributed by atoms with E-state index in [9.17, 15) is 9.90 Å². The second-order valence-corrected chi connectivity index (χ2v) is 5.90. The van der Waals surface area contributed by atoms with Crippen LogP contribution in [0.15, 0.2) is 31.0 Å². The SMILES string of the molecule is Cc1n[nH]c(=S)n(N=Cc2cc(Br)c(O)c(Br)c2)c1=O. The van der Waals surface area contributed by atoms with Crippen molar-refractivity contribution in [1.82, 2.24) is 14.9 Å². The van der Waals surface area contributed by atoms with E-state index in [2.05, 4.69) is 47.2 Å². The number of aromatic nitrogens is 3. The predicted molar refractivity (Wildman–Crippen MR) is 84.9 cm³/mol. The molecular weight excluding hydrogens is 412 g/mol. The Labute approximate surface area is 135 Å². The summed E-state index contributed by atoms with van der Waals surface area (Å²) in [6, 6.07) is 3.32. The first-order valence-electron chi connectivity index (χ1n) is 5.31. The van der Waals surface area contributed by atoms with Crippen LogP contribution in [0.1, 0.15) is 11.3 Å². The quantitative estimate of drug-likeness (QED) is 0.579. The molecule has 0 amide bonds. The second kappa shape index (κ2) is 5.98. The van der Waals surface area contributed by atoms with Crippen molar-refractivity contribution in [3.05, 3.63) is 47.5 Å². The van der Waals surface area contributed by atoms with E-state index in [-0.39, 0.29) is 21.8 Å². The number of phenolic OH excluding ortho intramolecular Hbond substituents is 1. The zero-order valence-corrected chi connectivity index (χ0v) is 14.1. The highest BCUT2D eigenvalue weighted by molar-refractivity contribution is 9.11. The van der Waals surface area contributed by atoms with Crippen LogP contribution in [0.3, 0.4) is 0 Å². The molecule has 0 aliphatic rings. The highest BCUT2D eigenvalue weighted by atomic mass is 79.9. The van der Waals surface area contributed by atoms with E-state index in [1.54, 1.807) is 19.1 Å². The minimum Gasteiger partial charge on any atom is -0.506 e. The van der Waals surface area contributed by atoms with Gasteiger partial charge in [0.2, 0.25) is 4.77 Å². The molecular formula is C11H8Br2N4O2S. The molecule has 0 spiro atoms. The molecule has 0 radical (unpaired) electrons. The molecule has 1 aromatic carbocycles. The van der Waals surface area contributed by atoms with E-state index >= 15 is 0 Å². The van der Waals surface area contributed by atoms with Crippen LogP contribution in [-0.4, -0.2) is 26.2 Å². The van der Waals surface area contributed by atoms with Crippen molar-refractivity contribution in [3.63, 3.8) is 0 Å². The van der Waals surface area contributed by atoms with Crippen molar-refractivity contribution in [2.45, 2.75) is 6.92 Å². The first kappa shape index (κ1) is 15.1. The Kier molecular flexibility index (Phi) is 4.51. The maximum absolute atomic E-state index is 11.8. The van der Waals surface area contributed by atoms with Gasteiger partial charge in [-0.3, -0.25) is 9.89 Å². The van der Waals surface area contributed by atoms with Crippen molar-refractivity contribution in [2.75, 3.05) is 0 Å². The minimum absolute atomic E-state index is 0.0939. The molecule has 0 bridgehead atoms. The van der Waals surface area contributed by atoms with Gasteiger partial charge >= 0.3 is 0 Å². The lowest BCUT2D eigenvalue weighted by Crippen LogP contribution is -2.22. The van der Waals surface area contributed by atoms with Crippen LogP contribution < -0.4 is 5.56 Å². The van der Waals surface area contributed by atoms with Crippen molar-refractivity contribution in [3.8, 4) is 5.75 Å². The molecule has 1 heterocycles. The fraction of sp³-hybridized carbons (Fsp3) is 0.0909. The van der Waals surface area contributed by atoms with Crippen molar-refractivity contribution >= 4 is 50.3 Å². The third-order valence-electron chi connectivity index (χ3n) is 2.37. The van der Waals surface area contributed by atoms with Crippen LogP contribution in [0.5, 0.6) is 5.75 Å². The summed E-state index contributed by atoms with van der Waals surface area (Å²) >= 11 is 11.4. The molecule has 0 fully saturated rings. The summed E-state index contributed by atoms with van der Waals surface area (Å²) in [7, 11) is 0. The Morgan fingerprint density at radius 1 is 1.45 bits per heavy atom. The Bertz CT molecular complexity index is 790. The van der Waals surface area contributed by atoms with Crippen molar-refractivity contribution in [1.29, 1.82) is 0 Å². The van der Waals surface area contributed by atoms with E-state index in [0.717, 1.165) is 4.68 Å². The van der Waals surface area contributed by atoms with E-state index in [1.807, 2.05) is 0 Å². The maximum Gasteiger partial charge on any atom is 0.296 e. The number of hydrogen-bond donors (Lipinski definition) is 2. The number of nitrogens with zero attached hydrogens (tertiary/aromatic N) is 3. The van der Waals surface area contributed by atoms with Crippen LogP contribution in [0.25, 0.3) is 0 Å². The highest BCUT2D eigenvalue weighted by Crippen LogP contribution is 2.32. The van der Waals surface area contributed by atoms with Gasteiger partial charge in [-0.25, -0.2) is 0 Å². The van der Waals surface area contributed by atoms with Gasteiger partial charge in [0.15, 0.2) is 0 Å². The summed E-state index contributed by atoms with van der Waals surface area (Å²) in [6.45, 7) is 1.56. The lowest BCUT2D eigenvalue weighted by atomic mass is 10.2. The van der Waals surface area contributed by atoms with E-state index in [0.29, 0.717) is 14.5 Å². The number of phenols is 1. The molecule has 0 aliphatic carbocycles. The third-order valence-corrected chi connectivity index (χ3v) is 3.85. The molecule has 6 nitrogen and oxygen atoms in total. The molecule has 2 N–H and O–H groups in total. The Hall–Kier alpha value is -1.32. The van der Waals surface area contributed by atoms with E-state index in [4.69, 9.17) is 12.2 Å². The van der Waals surface area contributed by atoms with E-state index in [1.165, 1.54) is 6.21 Å². The van der Waals surface area contributed by atoms with E-state index < -0.39 is 0 Å². The summed E-state index contributed by atoms with van der Waals surface area (Å²) in [5.74, 6) is 0.0939. The number of aromatic hydroxyl groups is 1. The standard InChI is InChI=1S/C11H8Br2N4O2S/c1-5-10(19)17(11(20)16-15-5)14-4-6-2-7(12)9(18)8(13)3-6/h2-4,18H,1H3,(H,16,20). The van der Waals surface area contributed by atoms with Gasteiger partial charge in [0.05, 0.1) is 15.2 Å². The maximum atomic E-state index is 11.8. The summed E-state index contributed by atoms with van der Waals surface area (Å²) in [5.41, 5.74) is 0.558. The summed E-state index contributed by atoms with van der Waals surface area (Å²) in [4.78, 5) is 11.8. The van der Waals surface area contributed by atoms with Gasteiger partial charge in [-0.1, -0.05) is 0 Å². The van der Waals surface area contributed by atoms with Gasteiger partial charge in [0.1, 0.15) is 11.4 Å². The number of H-pyrrole nitrogens is 1. The number of nitrogens with one attached hydrogen (secondary N) is 1. The molecule has 9 heteroatoms. The number of halogens is 2. The van der Waals surface area contributed by atoms with Crippen LogP contribution in [0.2, 0.25) is 0 Å². The van der Waals surface area contributed by atoms with Gasteiger partial charge < -0.3 is 5.11 Å². The molecule has 104 valence electrons. The summed E-state index contributed by atoms with van der Waals surface area (Å²) < 4.78 is 2.18. The minimum atomic E-state index is -0.387. The lowest BCUT2D eigenvalue weighted by Gasteiger charge is -2.02. The third kappa shape index (κ3) is 3.05. The topological polar surface area (TPSA) is 83.3 Å². The monoisotopic (exact) mass is 418 g/mol. The molecule has 20 heavy (non-hydrogen) atoms. The highest BCUT2D eigenvalue weighted by Gasteiger charge is 2.05. The summed E-state index contributed by atoms with van der Waals surface area (Å²) in [6.07, 6.45) is 1.46. The van der Waals surface area contributed by atoms with Crippen LogP contribution >= 0.6 is 44.1 Å². The zero-order chi connectivity index (χ0) is 14.9. The fourth-order valence-electron chi connectivity index (χ4n) is 1.36. The molecule has 0 saturated carbocycles. The number of hydrogen-bond acceptors (Lipinski definition) is 5. The average Bonchev–Trinajstić information content (AvgIpc) is 2.40. The van der Waals surface area contributed by atoms with Crippen LogP contribution in [0, 0.1) is 11.7 Å². The number of aryl methyl sites for hydroxylation is 1. The molecule has 2 aromatic rings. The molecule has 1 aromatic heterocycles. The fourth-order valence-corrected chi connectivity index (χ4v) is 2.76. The van der Waals surface area contributed by atoms with Crippen molar-refractivity contribution in [2.24, 2.45) is 5.10 Å². The lowest BCUT2D eigenvalue weighted by molar-refractivity contribution is 0.468. The first-order chi connectivity index (χ1) is 9.40. The van der Waals surface area contributed by atoms with Gasteiger partial charge in [-0.2, -0.15) is 14.9 Å². The second-order valence-electron chi connectivity index (χ2n) is 3.81. The first-order valence-corrected chi connectivity index (χ1v) is 7.30. The summed E-state index contributed by atoms with van der Waals surface area (Å²) in [5, 5.41) is 19.9. The predicted octanol–water partition coefficient (Wildman–Crippen LogP) is 2.72. The molecule has 0 saturated heterocycles. The molecule has 0 aliphatic heterocycles. The zero-order valence-electron chi connectivity index (χ0n) is 10.1. The smallest absolute Gasteiger partial charge is 0.296 e.